The van der Waals surface area contributed by atoms with Gasteiger partial charge in [0, 0.05) is 42.9 Å². The Kier molecular flexibility index (Phi) is 6.35. The largest absolute Gasteiger partial charge is 0.430 e. The molecule has 7 nitrogen and oxygen atoms in total. The predicted octanol–water partition coefficient (Wildman–Crippen LogP) is 1.68. The number of hydrogen-bond acceptors (Lipinski definition) is 5. The first-order valence-electron chi connectivity index (χ1n) is 9.19. The standard InChI is InChI=1S/C20H23N3O4/c24-18-9-6-15(13-27-18)20(26)23-17-7-4-14(5-8-17)19(25)22-12-10-16-3-1-2-11-21-16/h1-3,6,9,11,13-14,17H,4-5,7-8,10,12H2,(H,22,25)(H,23,26). The van der Waals surface area contributed by atoms with Crippen molar-refractivity contribution in [2.24, 2.45) is 5.92 Å². The van der Waals surface area contributed by atoms with Crippen molar-refractivity contribution in [2.75, 3.05) is 6.54 Å². The third kappa shape index (κ3) is 5.51. The van der Waals surface area contributed by atoms with Crippen LogP contribution in [0.25, 0.3) is 0 Å². The zero-order valence-electron chi connectivity index (χ0n) is 15.0. The summed E-state index contributed by atoms with van der Waals surface area (Å²) in [5.74, 6) is -0.209. The Hall–Kier alpha value is -2.96. The second-order valence-electron chi connectivity index (χ2n) is 6.73. The number of hydrogen-bond donors (Lipinski definition) is 2. The highest BCUT2D eigenvalue weighted by molar-refractivity contribution is 5.93. The highest BCUT2D eigenvalue weighted by Gasteiger charge is 2.27. The van der Waals surface area contributed by atoms with E-state index >= 15 is 0 Å². The van der Waals surface area contributed by atoms with Crippen LogP contribution in [0.3, 0.4) is 0 Å². The summed E-state index contributed by atoms with van der Waals surface area (Å²) in [5.41, 5.74) is 0.797. The first kappa shape index (κ1) is 18.8. The van der Waals surface area contributed by atoms with Gasteiger partial charge in [-0.15, -0.1) is 0 Å². The van der Waals surface area contributed by atoms with E-state index in [2.05, 4.69) is 15.6 Å². The number of amides is 2. The Bertz CT molecular complexity index is 806. The van der Waals surface area contributed by atoms with Crippen LogP contribution in [0, 0.1) is 5.92 Å². The van der Waals surface area contributed by atoms with Crippen molar-refractivity contribution in [3.8, 4) is 0 Å². The minimum absolute atomic E-state index is 0.0170. The van der Waals surface area contributed by atoms with Gasteiger partial charge in [0.05, 0.1) is 5.56 Å². The summed E-state index contributed by atoms with van der Waals surface area (Å²) >= 11 is 0. The lowest BCUT2D eigenvalue weighted by atomic mass is 9.85. The zero-order valence-corrected chi connectivity index (χ0v) is 15.0. The van der Waals surface area contributed by atoms with Crippen LogP contribution < -0.4 is 16.3 Å². The van der Waals surface area contributed by atoms with Gasteiger partial charge in [0.25, 0.3) is 5.91 Å². The molecule has 0 bridgehead atoms. The molecule has 1 aliphatic rings. The molecule has 0 saturated heterocycles. The maximum absolute atomic E-state index is 12.3. The van der Waals surface area contributed by atoms with Gasteiger partial charge in [0.2, 0.25) is 5.91 Å². The van der Waals surface area contributed by atoms with Crippen molar-refractivity contribution in [3.05, 3.63) is 64.5 Å². The van der Waals surface area contributed by atoms with Crippen LogP contribution in [-0.2, 0) is 11.2 Å². The molecular formula is C20H23N3O4. The van der Waals surface area contributed by atoms with Gasteiger partial charge >= 0.3 is 5.63 Å². The Morgan fingerprint density at radius 2 is 1.93 bits per heavy atom. The predicted molar refractivity (Wildman–Crippen MR) is 99.1 cm³/mol. The molecule has 0 aromatic carbocycles. The number of carbonyl (C=O) groups is 2. The quantitative estimate of drug-likeness (QED) is 0.807. The summed E-state index contributed by atoms with van der Waals surface area (Å²) in [6, 6.07) is 8.44. The van der Waals surface area contributed by atoms with Gasteiger partial charge in [0.15, 0.2) is 0 Å². The van der Waals surface area contributed by atoms with Gasteiger partial charge in [-0.1, -0.05) is 6.07 Å². The first-order valence-corrected chi connectivity index (χ1v) is 9.19. The van der Waals surface area contributed by atoms with E-state index in [1.807, 2.05) is 18.2 Å². The van der Waals surface area contributed by atoms with Crippen LogP contribution in [0.1, 0.15) is 41.7 Å². The molecule has 1 saturated carbocycles. The van der Waals surface area contributed by atoms with Gasteiger partial charge in [-0.2, -0.15) is 0 Å². The molecule has 0 radical (unpaired) electrons. The molecule has 1 fully saturated rings. The van der Waals surface area contributed by atoms with E-state index in [0.717, 1.165) is 31.4 Å². The van der Waals surface area contributed by atoms with Crippen molar-refractivity contribution in [1.29, 1.82) is 0 Å². The number of rotatable bonds is 6. The Balaban J connectivity index is 1.39. The topological polar surface area (TPSA) is 101 Å². The van der Waals surface area contributed by atoms with Crippen molar-refractivity contribution in [2.45, 2.75) is 38.1 Å². The third-order valence-corrected chi connectivity index (χ3v) is 4.80. The fourth-order valence-corrected chi connectivity index (χ4v) is 3.26. The van der Waals surface area contributed by atoms with E-state index in [9.17, 15) is 14.4 Å². The van der Waals surface area contributed by atoms with Crippen molar-refractivity contribution < 1.29 is 14.0 Å². The van der Waals surface area contributed by atoms with Crippen LogP contribution in [0.5, 0.6) is 0 Å². The maximum Gasteiger partial charge on any atom is 0.335 e. The van der Waals surface area contributed by atoms with Gasteiger partial charge in [-0.05, 0) is 43.9 Å². The molecule has 2 aromatic rings. The summed E-state index contributed by atoms with van der Waals surface area (Å²) in [5, 5.41) is 5.92. The lowest BCUT2D eigenvalue weighted by molar-refractivity contribution is -0.126. The van der Waals surface area contributed by atoms with E-state index < -0.39 is 5.63 Å². The molecule has 3 rings (SSSR count). The van der Waals surface area contributed by atoms with E-state index in [-0.39, 0.29) is 23.8 Å². The van der Waals surface area contributed by atoms with Gasteiger partial charge in [-0.3, -0.25) is 14.6 Å². The smallest absolute Gasteiger partial charge is 0.335 e. The Labute approximate surface area is 157 Å². The van der Waals surface area contributed by atoms with Crippen molar-refractivity contribution in [1.82, 2.24) is 15.6 Å². The fraction of sp³-hybridized carbons (Fsp3) is 0.400. The van der Waals surface area contributed by atoms with Gasteiger partial charge in [0.1, 0.15) is 6.26 Å². The molecule has 7 heteroatoms. The molecule has 0 spiro atoms. The highest BCUT2D eigenvalue weighted by atomic mass is 16.4. The van der Waals surface area contributed by atoms with Crippen LogP contribution in [0.15, 0.2) is 52.0 Å². The Morgan fingerprint density at radius 3 is 2.59 bits per heavy atom. The molecule has 2 N–H and O–H groups in total. The molecule has 0 atom stereocenters. The lowest BCUT2D eigenvalue weighted by Crippen LogP contribution is -2.41. The fourth-order valence-electron chi connectivity index (χ4n) is 3.26. The van der Waals surface area contributed by atoms with E-state index in [1.54, 1.807) is 6.20 Å². The van der Waals surface area contributed by atoms with Crippen LogP contribution in [-0.4, -0.2) is 29.4 Å². The number of aromatic nitrogens is 1. The average molecular weight is 369 g/mol. The summed E-state index contributed by atoms with van der Waals surface area (Å²) in [4.78, 5) is 39.7. The summed E-state index contributed by atoms with van der Waals surface area (Å²) in [7, 11) is 0. The first-order chi connectivity index (χ1) is 13.1. The number of carbonyl (C=O) groups excluding carboxylic acids is 2. The highest BCUT2D eigenvalue weighted by Crippen LogP contribution is 2.24. The zero-order chi connectivity index (χ0) is 19.1. The number of nitrogens with one attached hydrogen (secondary N) is 2. The Morgan fingerprint density at radius 1 is 1.11 bits per heavy atom. The third-order valence-electron chi connectivity index (χ3n) is 4.80. The second kappa shape index (κ2) is 9.12. The number of nitrogens with zero attached hydrogens (tertiary/aromatic N) is 1. The van der Waals surface area contributed by atoms with Crippen LogP contribution in [0.2, 0.25) is 0 Å². The van der Waals surface area contributed by atoms with Crippen molar-refractivity contribution >= 4 is 11.8 Å². The van der Waals surface area contributed by atoms with Crippen LogP contribution in [0.4, 0.5) is 0 Å². The van der Waals surface area contributed by atoms with E-state index in [0.29, 0.717) is 18.5 Å². The van der Waals surface area contributed by atoms with Gasteiger partial charge < -0.3 is 15.1 Å². The molecule has 2 heterocycles. The normalized spacial score (nSPS) is 19.3. The summed E-state index contributed by atoms with van der Waals surface area (Å²) in [6.07, 6.45) is 6.61. The SMILES string of the molecule is O=C(NC1CCC(C(=O)NCCc2ccccn2)CC1)c1ccc(=O)oc1. The van der Waals surface area contributed by atoms with E-state index in [4.69, 9.17) is 4.42 Å². The molecule has 27 heavy (non-hydrogen) atoms. The van der Waals surface area contributed by atoms with Gasteiger partial charge in [-0.25, -0.2) is 4.79 Å². The second-order valence-corrected chi connectivity index (χ2v) is 6.73. The van der Waals surface area contributed by atoms with Crippen molar-refractivity contribution in [3.63, 3.8) is 0 Å². The molecular weight excluding hydrogens is 346 g/mol. The molecule has 0 aliphatic heterocycles. The molecule has 2 amide bonds. The summed E-state index contributed by atoms with van der Waals surface area (Å²) in [6.45, 7) is 0.575. The summed E-state index contributed by atoms with van der Waals surface area (Å²) < 4.78 is 4.71. The van der Waals surface area contributed by atoms with E-state index in [1.165, 1.54) is 18.4 Å². The molecule has 1 aliphatic carbocycles. The maximum atomic E-state index is 12.3. The number of pyridine rings is 1. The van der Waals surface area contributed by atoms with Crippen LogP contribution >= 0.6 is 0 Å². The minimum atomic E-state index is -0.485. The monoisotopic (exact) mass is 369 g/mol. The average Bonchev–Trinajstić information content (AvgIpc) is 2.70. The lowest BCUT2D eigenvalue weighted by Gasteiger charge is -2.28. The molecule has 2 aromatic heterocycles. The molecule has 0 unspecified atom stereocenters. The minimum Gasteiger partial charge on any atom is -0.430 e. The molecule has 142 valence electrons.